The van der Waals surface area contributed by atoms with Crippen molar-refractivity contribution < 1.29 is 22.6 Å². The molecule has 1 fully saturated rings. The molecule has 150 valence electrons. The average Bonchev–Trinajstić information content (AvgIpc) is 3.30. The van der Waals surface area contributed by atoms with Gasteiger partial charge in [0.1, 0.15) is 12.2 Å². The Hall–Kier alpha value is -2.89. The van der Waals surface area contributed by atoms with Crippen LogP contribution in [0.2, 0.25) is 0 Å². The number of hydrogen-bond donors (Lipinski definition) is 2. The van der Waals surface area contributed by atoms with Gasteiger partial charge in [-0.2, -0.15) is 19.0 Å². The van der Waals surface area contributed by atoms with E-state index >= 15 is 0 Å². The van der Waals surface area contributed by atoms with E-state index in [4.69, 9.17) is 4.74 Å². The number of halogens is 3. The predicted molar refractivity (Wildman–Crippen MR) is 92.4 cm³/mol. The summed E-state index contributed by atoms with van der Waals surface area (Å²) in [4.78, 5) is 8.72. The van der Waals surface area contributed by atoms with Gasteiger partial charge in [-0.05, 0) is 18.8 Å². The number of nitrogens with zero attached hydrogens (tertiary/aromatic N) is 5. The van der Waals surface area contributed by atoms with Crippen LogP contribution in [-0.4, -0.2) is 56.4 Å². The molecule has 4 rings (SSSR count). The lowest BCUT2D eigenvalue weighted by molar-refractivity contribution is -0.0528. The van der Waals surface area contributed by atoms with E-state index in [0.717, 1.165) is 12.8 Å². The van der Waals surface area contributed by atoms with Crippen LogP contribution in [0.5, 0.6) is 5.88 Å². The van der Waals surface area contributed by atoms with E-state index in [-0.39, 0.29) is 17.6 Å². The zero-order valence-corrected chi connectivity index (χ0v) is 14.7. The van der Waals surface area contributed by atoms with Gasteiger partial charge in [0.05, 0.1) is 18.4 Å². The minimum Gasteiger partial charge on any atom is -0.417 e. The summed E-state index contributed by atoms with van der Waals surface area (Å²) >= 11 is 0. The second-order valence-corrected chi connectivity index (χ2v) is 6.35. The second-order valence-electron chi connectivity index (χ2n) is 6.35. The van der Waals surface area contributed by atoms with Crippen LogP contribution in [-0.2, 0) is 4.74 Å². The molecule has 4 heterocycles. The molecule has 1 atom stereocenters. The summed E-state index contributed by atoms with van der Waals surface area (Å²) in [6, 6.07) is 0.809. The molecule has 0 amide bonds. The van der Waals surface area contributed by atoms with Crippen molar-refractivity contribution in [1.82, 2.24) is 29.9 Å². The lowest BCUT2D eigenvalue weighted by Gasteiger charge is -2.28. The van der Waals surface area contributed by atoms with Gasteiger partial charge in [-0.3, -0.25) is 0 Å². The number of ether oxygens (including phenoxy) is 2. The fraction of sp³-hybridized carbons (Fsp3) is 0.500. The smallest absolute Gasteiger partial charge is 0.388 e. The molecule has 1 aliphatic heterocycles. The summed E-state index contributed by atoms with van der Waals surface area (Å²) in [6.07, 6.45) is 4.50. The molecule has 0 aliphatic carbocycles. The molecular formula is C16H18F3N7O2. The van der Waals surface area contributed by atoms with Crippen molar-refractivity contribution in [1.29, 1.82) is 0 Å². The third-order valence-electron chi connectivity index (χ3n) is 4.61. The van der Waals surface area contributed by atoms with Crippen LogP contribution in [0.3, 0.4) is 0 Å². The van der Waals surface area contributed by atoms with Gasteiger partial charge >= 0.3 is 6.61 Å². The first kappa shape index (κ1) is 18.5. The topological polar surface area (TPSA) is 103 Å². The van der Waals surface area contributed by atoms with Crippen LogP contribution < -0.4 is 10.1 Å². The van der Waals surface area contributed by atoms with Gasteiger partial charge in [0.2, 0.25) is 5.88 Å². The molecule has 0 saturated carbocycles. The van der Waals surface area contributed by atoms with Gasteiger partial charge in [-0.15, -0.1) is 0 Å². The molecule has 9 nitrogen and oxygen atoms in total. The van der Waals surface area contributed by atoms with Gasteiger partial charge in [-0.1, -0.05) is 0 Å². The Morgan fingerprint density at radius 1 is 1.29 bits per heavy atom. The van der Waals surface area contributed by atoms with Gasteiger partial charge in [0.15, 0.2) is 17.3 Å². The van der Waals surface area contributed by atoms with Crippen molar-refractivity contribution >= 4 is 22.8 Å². The van der Waals surface area contributed by atoms with Crippen molar-refractivity contribution in [2.45, 2.75) is 25.5 Å². The second kappa shape index (κ2) is 8.00. The van der Waals surface area contributed by atoms with Crippen molar-refractivity contribution in [3.8, 4) is 5.88 Å². The summed E-state index contributed by atoms with van der Waals surface area (Å²) in [5.74, 6) is 0.449. The molecule has 0 unspecified atom stereocenters. The summed E-state index contributed by atoms with van der Waals surface area (Å²) in [6.45, 7) is -2.34. The van der Waals surface area contributed by atoms with Crippen molar-refractivity contribution in [2.75, 3.05) is 25.2 Å². The zero-order valence-electron chi connectivity index (χ0n) is 14.7. The van der Waals surface area contributed by atoms with E-state index in [1.807, 2.05) is 0 Å². The Kier molecular flexibility index (Phi) is 5.28. The van der Waals surface area contributed by atoms with Gasteiger partial charge in [0.25, 0.3) is 0 Å². The summed E-state index contributed by atoms with van der Waals surface area (Å²) < 4.78 is 49.5. The Labute approximate surface area is 157 Å². The molecule has 2 N–H and O–H groups in total. The zero-order chi connectivity index (χ0) is 19.5. The quantitative estimate of drug-likeness (QED) is 0.632. The molecule has 3 aromatic heterocycles. The minimum absolute atomic E-state index is 0.0978. The Bertz CT molecular complexity index is 926. The molecule has 1 aliphatic rings. The van der Waals surface area contributed by atoms with Crippen molar-refractivity contribution in [2.24, 2.45) is 5.92 Å². The average molecular weight is 397 g/mol. The van der Waals surface area contributed by atoms with Gasteiger partial charge < -0.3 is 14.8 Å². The van der Waals surface area contributed by atoms with Gasteiger partial charge in [-0.25, -0.2) is 24.1 Å². The fourth-order valence-electron chi connectivity index (χ4n) is 3.27. The first-order valence-electron chi connectivity index (χ1n) is 8.75. The van der Waals surface area contributed by atoms with Crippen LogP contribution in [0.1, 0.15) is 18.9 Å². The normalized spacial score (nSPS) is 16.6. The SMILES string of the molecule is FC[C@H](C1CCOCC1)n1ncc2ncc(Nc3cc(OC(F)F)[nH]n3)nc21. The maximum atomic E-state index is 13.8. The monoisotopic (exact) mass is 397 g/mol. The highest BCUT2D eigenvalue weighted by atomic mass is 19.3. The van der Waals surface area contributed by atoms with Crippen LogP contribution in [0.25, 0.3) is 11.2 Å². The number of hydrogen-bond acceptors (Lipinski definition) is 7. The third-order valence-corrected chi connectivity index (χ3v) is 4.61. The summed E-state index contributed by atoms with van der Waals surface area (Å²) in [5.41, 5.74) is 0.957. The lowest BCUT2D eigenvalue weighted by Crippen LogP contribution is -2.28. The number of anilines is 2. The molecule has 12 heteroatoms. The van der Waals surface area contributed by atoms with Crippen LogP contribution in [0.15, 0.2) is 18.5 Å². The van der Waals surface area contributed by atoms with Crippen molar-refractivity contribution in [3.05, 3.63) is 18.5 Å². The van der Waals surface area contributed by atoms with Crippen LogP contribution in [0.4, 0.5) is 24.8 Å². The number of nitrogens with one attached hydrogen (secondary N) is 2. The Morgan fingerprint density at radius 3 is 2.86 bits per heavy atom. The molecule has 0 radical (unpaired) electrons. The highest BCUT2D eigenvalue weighted by molar-refractivity contribution is 5.72. The highest BCUT2D eigenvalue weighted by Crippen LogP contribution is 2.30. The molecule has 1 saturated heterocycles. The van der Waals surface area contributed by atoms with E-state index in [2.05, 4.69) is 35.3 Å². The number of aromatic nitrogens is 6. The maximum Gasteiger partial charge on any atom is 0.388 e. The number of H-pyrrole nitrogens is 1. The number of fused-ring (bicyclic) bond motifs is 1. The molecule has 28 heavy (non-hydrogen) atoms. The maximum absolute atomic E-state index is 13.8. The largest absolute Gasteiger partial charge is 0.417 e. The number of rotatable bonds is 7. The van der Waals surface area contributed by atoms with Crippen LogP contribution in [0, 0.1) is 5.92 Å². The lowest BCUT2D eigenvalue weighted by atomic mass is 9.92. The first-order chi connectivity index (χ1) is 13.6. The van der Waals surface area contributed by atoms with E-state index in [9.17, 15) is 13.2 Å². The minimum atomic E-state index is -2.96. The highest BCUT2D eigenvalue weighted by Gasteiger charge is 2.28. The Morgan fingerprint density at radius 2 is 2.11 bits per heavy atom. The van der Waals surface area contributed by atoms with E-state index in [0.29, 0.717) is 30.2 Å². The molecule has 0 spiro atoms. The molecule has 0 bridgehead atoms. The summed E-state index contributed by atoms with van der Waals surface area (Å²) in [5, 5.41) is 13.3. The standard InChI is InChI=1S/C16H18F3N7O2/c17-6-11(9-1-3-27-4-2-9)26-15-10(7-21-26)20-8-13(23-15)22-12-5-14(25-24-12)28-16(18)19/h5,7-9,11,16H,1-4,6H2,(H2,22,23,24,25)/t11-/m1/s1. The van der Waals surface area contributed by atoms with Crippen LogP contribution >= 0.6 is 0 Å². The molecular weight excluding hydrogens is 379 g/mol. The number of aromatic amines is 1. The predicted octanol–water partition coefficient (Wildman–Crippen LogP) is 2.83. The van der Waals surface area contributed by atoms with E-state index in [1.54, 1.807) is 4.68 Å². The van der Waals surface area contributed by atoms with E-state index in [1.165, 1.54) is 18.5 Å². The van der Waals surface area contributed by atoms with Gasteiger partial charge in [0, 0.05) is 19.3 Å². The number of alkyl halides is 3. The molecule has 3 aromatic rings. The van der Waals surface area contributed by atoms with Crippen molar-refractivity contribution in [3.63, 3.8) is 0 Å². The first-order valence-corrected chi connectivity index (χ1v) is 8.75. The van der Waals surface area contributed by atoms with E-state index < -0.39 is 19.3 Å². The third kappa shape index (κ3) is 3.86. The molecule has 0 aromatic carbocycles. The Balaban J connectivity index is 1.57. The fourth-order valence-corrected chi connectivity index (χ4v) is 3.27. The summed E-state index contributed by atoms with van der Waals surface area (Å²) in [7, 11) is 0.